The molecule has 10 heteroatoms. The van der Waals surface area contributed by atoms with Crippen molar-refractivity contribution in [2.45, 2.75) is 30.7 Å². The van der Waals surface area contributed by atoms with Crippen LogP contribution < -0.4 is 14.2 Å². The molecule has 0 saturated carbocycles. The molecule has 0 amide bonds. The number of hydrogen-bond acceptors (Lipinski definition) is 8. The molecule has 0 spiro atoms. The highest BCUT2D eigenvalue weighted by molar-refractivity contribution is 7.89. The minimum atomic E-state index is -3.95. The van der Waals surface area contributed by atoms with E-state index in [9.17, 15) is 18.0 Å². The molecule has 0 unspecified atom stereocenters. The van der Waals surface area contributed by atoms with Gasteiger partial charge in [0.2, 0.25) is 15.8 Å². The van der Waals surface area contributed by atoms with E-state index in [2.05, 4.69) is 0 Å². The number of fused-ring (bicyclic) bond motifs is 1. The van der Waals surface area contributed by atoms with Gasteiger partial charge in [0.05, 0.1) is 43.7 Å². The van der Waals surface area contributed by atoms with Gasteiger partial charge in [-0.2, -0.15) is 4.31 Å². The lowest BCUT2D eigenvalue weighted by molar-refractivity contribution is -0.143. The minimum absolute atomic E-state index is 0.101. The van der Waals surface area contributed by atoms with Crippen molar-refractivity contribution < 1.29 is 37.0 Å². The Morgan fingerprint density at radius 1 is 0.949 bits per heavy atom. The third kappa shape index (κ3) is 6.23. The lowest BCUT2D eigenvalue weighted by Gasteiger charge is -2.36. The molecule has 0 radical (unpaired) electrons. The van der Waals surface area contributed by atoms with Gasteiger partial charge in [0.1, 0.15) is 17.2 Å². The highest BCUT2D eigenvalue weighted by Crippen LogP contribution is 2.37. The van der Waals surface area contributed by atoms with Crippen molar-refractivity contribution in [2.75, 3.05) is 34.0 Å². The summed E-state index contributed by atoms with van der Waals surface area (Å²) in [5.41, 5.74) is 1.91. The molecule has 9 nitrogen and oxygen atoms in total. The molecule has 0 aromatic heterocycles. The lowest BCUT2D eigenvalue weighted by atomic mass is 9.92. The van der Waals surface area contributed by atoms with Crippen molar-refractivity contribution in [2.24, 2.45) is 0 Å². The van der Waals surface area contributed by atoms with Gasteiger partial charge in [-0.1, -0.05) is 24.3 Å². The number of ether oxygens (including phenoxy) is 4. The molecule has 1 aliphatic rings. The summed E-state index contributed by atoms with van der Waals surface area (Å²) < 4.78 is 49.9. The zero-order valence-corrected chi connectivity index (χ0v) is 22.9. The Kier molecular flexibility index (Phi) is 8.88. The number of methoxy groups -OCH3 is 2. The third-order valence-corrected chi connectivity index (χ3v) is 8.46. The van der Waals surface area contributed by atoms with Gasteiger partial charge in [0, 0.05) is 6.54 Å². The van der Waals surface area contributed by atoms with E-state index in [1.54, 1.807) is 24.3 Å². The fourth-order valence-corrected chi connectivity index (χ4v) is 6.22. The van der Waals surface area contributed by atoms with Crippen molar-refractivity contribution in [1.82, 2.24) is 4.31 Å². The summed E-state index contributed by atoms with van der Waals surface area (Å²) >= 11 is 0. The van der Waals surface area contributed by atoms with Gasteiger partial charge in [0.25, 0.3) is 0 Å². The molecule has 206 valence electrons. The molecule has 0 bridgehead atoms. The molecular weight excluding hydrogens is 522 g/mol. The number of nitrogens with zero attached hydrogens (tertiary/aromatic N) is 1. The molecule has 4 rings (SSSR count). The number of carbonyl (C=O) groups is 2. The zero-order valence-electron chi connectivity index (χ0n) is 22.1. The predicted molar refractivity (Wildman–Crippen MR) is 144 cm³/mol. The SMILES string of the molecule is CCOc1ccc(S(=O)(=O)N2CCc3ccccc3[C@H]2CC(=O)OCC(=O)c2cc(OC)ccc2OC)cc1. The summed E-state index contributed by atoms with van der Waals surface area (Å²) in [5.74, 6) is 0.184. The Morgan fingerprint density at radius 2 is 1.67 bits per heavy atom. The Hall–Kier alpha value is -3.89. The zero-order chi connectivity index (χ0) is 28.0. The second-order valence-electron chi connectivity index (χ2n) is 8.84. The van der Waals surface area contributed by atoms with E-state index in [0.29, 0.717) is 30.3 Å². The molecule has 0 fully saturated rings. The van der Waals surface area contributed by atoms with E-state index >= 15 is 0 Å². The summed E-state index contributed by atoms with van der Waals surface area (Å²) in [6.07, 6.45) is 0.252. The monoisotopic (exact) mass is 553 g/mol. The van der Waals surface area contributed by atoms with Crippen LogP contribution in [0.4, 0.5) is 0 Å². The van der Waals surface area contributed by atoms with Crippen molar-refractivity contribution >= 4 is 21.8 Å². The first-order valence-electron chi connectivity index (χ1n) is 12.5. The molecule has 1 atom stereocenters. The second kappa shape index (κ2) is 12.3. The Bertz CT molecular complexity index is 1440. The van der Waals surface area contributed by atoms with Crippen molar-refractivity contribution in [3.05, 3.63) is 83.4 Å². The van der Waals surface area contributed by atoms with Crippen LogP contribution in [0.1, 0.15) is 40.9 Å². The minimum Gasteiger partial charge on any atom is -0.497 e. The van der Waals surface area contributed by atoms with Crippen LogP contribution in [-0.2, 0) is 26.0 Å². The average molecular weight is 554 g/mol. The number of ketones is 1. The second-order valence-corrected chi connectivity index (χ2v) is 10.7. The van der Waals surface area contributed by atoms with Gasteiger partial charge in [-0.25, -0.2) is 8.42 Å². The summed E-state index contributed by atoms with van der Waals surface area (Å²) in [6, 6.07) is 17.6. The van der Waals surface area contributed by atoms with Gasteiger partial charge in [-0.3, -0.25) is 9.59 Å². The first kappa shape index (κ1) is 28.1. The van der Waals surface area contributed by atoms with Gasteiger partial charge in [0.15, 0.2) is 6.61 Å². The van der Waals surface area contributed by atoms with Crippen LogP contribution >= 0.6 is 0 Å². The fourth-order valence-electron chi connectivity index (χ4n) is 4.61. The van der Waals surface area contributed by atoms with Crippen molar-refractivity contribution in [1.29, 1.82) is 0 Å². The van der Waals surface area contributed by atoms with E-state index < -0.39 is 34.4 Å². The fraction of sp³-hybridized carbons (Fsp3) is 0.310. The number of sulfonamides is 1. The number of rotatable bonds is 11. The van der Waals surface area contributed by atoms with E-state index in [4.69, 9.17) is 18.9 Å². The Morgan fingerprint density at radius 3 is 2.36 bits per heavy atom. The van der Waals surface area contributed by atoms with E-state index in [0.717, 1.165) is 11.1 Å². The molecule has 1 heterocycles. The topological polar surface area (TPSA) is 108 Å². The highest BCUT2D eigenvalue weighted by atomic mass is 32.2. The summed E-state index contributed by atoms with van der Waals surface area (Å²) in [7, 11) is -1.04. The summed E-state index contributed by atoms with van der Waals surface area (Å²) in [6.45, 7) is 1.99. The maximum absolute atomic E-state index is 13.7. The van der Waals surface area contributed by atoms with Crippen LogP contribution in [0.3, 0.4) is 0 Å². The molecule has 0 aliphatic carbocycles. The largest absolute Gasteiger partial charge is 0.497 e. The average Bonchev–Trinajstić information content (AvgIpc) is 2.96. The molecule has 0 saturated heterocycles. The number of esters is 1. The van der Waals surface area contributed by atoms with E-state index in [1.807, 2.05) is 31.2 Å². The number of Topliss-reactive ketones (excluding diaryl/α,β-unsaturated/α-hetero) is 1. The lowest BCUT2D eigenvalue weighted by Crippen LogP contribution is -2.41. The van der Waals surface area contributed by atoms with Crippen LogP contribution in [0.25, 0.3) is 0 Å². The number of benzene rings is 3. The number of carbonyl (C=O) groups excluding carboxylic acids is 2. The molecule has 1 aliphatic heterocycles. The maximum Gasteiger partial charge on any atom is 0.308 e. The molecular formula is C29H31NO8S. The van der Waals surface area contributed by atoms with Crippen LogP contribution in [0.15, 0.2) is 71.6 Å². The summed E-state index contributed by atoms with van der Waals surface area (Å²) in [5, 5.41) is 0. The quantitative estimate of drug-likeness (QED) is 0.257. The van der Waals surface area contributed by atoms with Crippen LogP contribution in [0, 0.1) is 0 Å². The first-order chi connectivity index (χ1) is 18.8. The van der Waals surface area contributed by atoms with Gasteiger partial charge in [-0.05, 0) is 66.9 Å². The van der Waals surface area contributed by atoms with Crippen LogP contribution in [0.5, 0.6) is 17.2 Å². The predicted octanol–water partition coefficient (Wildman–Crippen LogP) is 4.21. The standard InChI is InChI=1S/C29H31NO8S/c1-4-37-21-9-12-23(13-10-21)39(33,34)30-16-15-20-7-5-6-8-24(20)26(30)18-29(32)38-19-27(31)25-17-22(35-2)11-14-28(25)36-3/h5-14,17,26H,4,15-16,18-19H2,1-3H3/t26-/m1/s1. The van der Waals surface area contributed by atoms with Gasteiger partial charge >= 0.3 is 5.97 Å². The van der Waals surface area contributed by atoms with Crippen LogP contribution in [-0.4, -0.2) is 58.5 Å². The van der Waals surface area contributed by atoms with Gasteiger partial charge < -0.3 is 18.9 Å². The van der Waals surface area contributed by atoms with Crippen LogP contribution in [0.2, 0.25) is 0 Å². The maximum atomic E-state index is 13.7. The molecule has 39 heavy (non-hydrogen) atoms. The van der Waals surface area contributed by atoms with Crippen molar-refractivity contribution in [3.8, 4) is 17.2 Å². The molecule has 3 aromatic rings. The van der Waals surface area contributed by atoms with Gasteiger partial charge in [-0.15, -0.1) is 0 Å². The molecule has 0 N–H and O–H groups in total. The normalized spacial score (nSPS) is 15.2. The van der Waals surface area contributed by atoms with Crippen molar-refractivity contribution in [3.63, 3.8) is 0 Å². The number of hydrogen-bond donors (Lipinski definition) is 0. The van der Waals surface area contributed by atoms with E-state index in [1.165, 1.54) is 36.7 Å². The smallest absolute Gasteiger partial charge is 0.308 e. The Labute approximate surface area is 228 Å². The third-order valence-electron chi connectivity index (χ3n) is 6.54. The van der Waals surface area contributed by atoms with E-state index in [-0.39, 0.29) is 23.4 Å². The summed E-state index contributed by atoms with van der Waals surface area (Å²) in [4.78, 5) is 25.9. The molecule has 3 aromatic carbocycles. The first-order valence-corrected chi connectivity index (χ1v) is 14.0. The Balaban J connectivity index is 1.54. The highest BCUT2D eigenvalue weighted by Gasteiger charge is 2.38.